The number of allylic oxidation sites excluding steroid dienone is 6. The first-order valence-electron chi connectivity index (χ1n) is 39.2. The minimum absolute atomic E-state index is 0.0921. The summed E-state index contributed by atoms with van der Waals surface area (Å²) in [5.74, 6) is -2.16. The molecule has 0 bridgehead atoms. The Hall–Kier alpha value is -2.72. The van der Waals surface area contributed by atoms with Gasteiger partial charge >= 0.3 is 39.5 Å². The lowest BCUT2D eigenvalue weighted by atomic mass is 10.0. The molecule has 0 saturated carbocycles. The number of phosphoric ester groups is 2. The molecule has 0 heterocycles. The maximum absolute atomic E-state index is 13.1. The third-order valence-corrected chi connectivity index (χ3v) is 19.0. The second-order valence-electron chi connectivity index (χ2n) is 26.7. The van der Waals surface area contributed by atoms with Crippen LogP contribution in [-0.2, 0) is 65.4 Å². The molecule has 0 saturated heterocycles. The number of aliphatic hydroxyl groups excluding tert-OH is 1. The number of ether oxygens (including phenoxy) is 4. The van der Waals surface area contributed by atoms with Gasteiger partial charge in [0.25, 0.3) is 0 Å². The number of phosphoric acid groups is 2. The van der Waals surface area contributed by atoms with E-state index < -0.39 is 97.5 Å². The summed E-state index contributed by atoms with van der Waals surface area (Å²) in [5, 5.41) is 10.6. The summed E-state index contributed by atoms with van der Waals surface area (Å²) in [5.41, 5.74) is 0. The Morgan fingerprint density at radius 2 is 0.479 bits per heavy atom. The first-order chi connectivity index (χ1) is 46.7. The van der Waals surface area contributed by atoms with Gasteiger partial charge in [-0.25, -0.2) is 9.13 Å². The van der Waals surface area contributed by atoms with Gasteiger partial charge in [0.05, 0.1) is 26.4 Å². The Morgan fingerprint density at radius 1 is 0.281 bits per heavy atom. The Kier molecular flexibility index (Phi) is 68.7. The normalized spacial score (nSPS) is 14.1. The van der Waals surface area contributed by atoms with Crippen molar-refractivity contribution in [2.75, 3.05) is 39.6 Å². The highest BCUT2D eigenvalue weighted by atomic mass is 31.2. The van der Waals surface area contributed by atoms with Crippen LogP contribution in [0.3, 0.4) is 0 Å². The lowest BCUT2D eigenvalue weighted by Gasteiger charge is -2.21. The number of carbonyl (C=O) groups excluding carboxylic acids is 4. The van der Waals surface area contributed by atoms with E-state index in [1.165, 1.54) is 148 Å². The SMILES string of the molecule is CCCCCC/C=C\CCCCCCCCCC(=O)O[C@H](COC(=O)CCCCCCC/C=C\CCCCCCCC)COP(=O)(O)OC[C@@H](O)COP(=O)(O)OC[C@@H](COC(=O)CCCCCCCCCCCCCCC)OC(=O)CCCCCCC/C=C\CCCCCC. The van der Waals surface area contributed by atoms with E-state index in [-0.39, 0.29) is 25.7 Å². The molecule has 0 aromatic heterocycles. The quantitative estimate of drug-likeness (QED) is 0.0169. The number of unbranched alkanes of at least 4 members (excludes halogenated alkanes) is 43. The van der Waals surface area contributed by atoms with Crippen LogP contribution >= 0.6 is 15.6 Å². The van der Waals surface area contributed by atoms with E-state index in [2.05, 4.69) is 64.2 Å². The van der Waals surface area contributed by atoms with E-state index in [0.29, 0.717) is 25.7 Å². The van der Waals surface area contributed by atoms with Crippen molar-refractivity contribution in [1.29, 1.82) is 0 Å². The summed E-state index contributed by atoms with van der Waals surface area (Å²) in [7, 11) is -9.93. The summed E-state index contributed by atoms with van der Waals surface area (Å²) in [6.07, 6.45) is 65.5. The zero-order valence-corrected chi connectivity index (χ0v) is 63.4. The molecule has 2 unspecified atom stereocenters. The zero-order valence-electron chi connectivity index (χ0n) is 61.6. The molecule has 0 aromatic carbocycles. The van der Waals surface area contributed by atoms with Gasteiger partial charge in [-0.1, -0.05) is 282 Å². The van der Waals surface area contributed by atoms with Crippen molar-refractivity contribution in [3.05, 3.63) is 36.5 Å². The highest BCUT2D eigenvalue weighted by Crippen LogP contribution is 2.45. The third-order valence-electron chi connectivity index (χ3n) is 17.1. The minimum Gasteiger partial charge on any atom is -0.462 e. The van der Waals surface area contributed by atoms with E-state index in [1.54, 1.807) is 0 Å². The van der Waals surface area contributed by atoms with Crippen LogP contribution in [0.5, 0.6) is 0 Å². The van der Waals surface area contributed by atoms with Crippen molar-refractivity contribution < 1.29 is 80.2 Å². The van der Waals surface area contributed by atoms with Crippen molar-refractivity contribution in [2.45, 2.75) is 393 Å². The molecule has 0 amide bonds. The van der Waals surface area contributed by atoms with Crippen molar-refractivity contribution in [2.24, 2.45) is 0 Å². The van der Waals surface area contributed by atoms with Crippen LogP contribution in [0.25, 0.3) is 0 Å². The monoisotopic (exact) mass is 1400 g/mol. The minimum atomic E-state index is -4.97. The highest BCUT2D eigenvalue weighted by molar-refractivity contribution is 7.47. The molecule has 19 heteroatoms. The Morgan fingerprint density at radius 3 is 0.729 bits per heavy atom. The largest absolute Gasteiger partial charge is 0.472 e. The number of esters is 4. The smallest absolute Gasteiger partial charge is 0.462 e. The molecule has 5 atom stereocenters. The predicted molar refractivity (Wildman–Crippen MR) is 391 cm³/mol. The second kappa shape index (κ2) is 70.7. The van der Waals surface area contributed by atoms with Crippen molar-refractivity contribution >= 4 is 39.5 Å². The molecule has 3 N–H and O–H groups in total. The van der Waals surface area contributed by atoms with Gasteiger partial charge in [0.2, 0.25) is 0 Å². The van der Waals surface area contributed by atoms with E-state index in [9.17, 15) is 43.2 Å². The van der Waals surface area contributed by atoms with E-state index >= 15 is 0 Å². The summed E-state index contributed by atoms with van der Waals surface area (Å²) < 4.78 is 68.5. The molecule has 0 rings (SSSR count). The molecule has 0 aliphatic rings. The summed E-state index contributed by atoms with van der Waals surface area (Å²) in [4.78, 5) is 72.8. The van der Waals surface area contributed by atoms with Crippen molar-refractivity contribution in [3.8, 4) is 0 Å². The molecule has 17 nitrogen and oxygen atoms in total. The van der Waals surface area contributed by atoms with Crippen molar-refractivity contribution in [3.63, 3.8) is 0 Å². The van der Waals surface area contributed by atoms with Crippen LogP contribution in [0, 0.1) is 0 Å². The van der Waals surface area contributed by atoms with Crippen LogP contribution < -0.4 is 0 Å². The van der Waals surface area contributed by atoms with Crippen LogP contribution in [0.2, 0.25) is 0 Å². The molecule has 0 radical (unpaired) electrons. The fourth-order valence-corrected chi connectivity index (χ4v) is 12.6. The average molecular weight is 1400 g/mol. The van der Waals surface area contributed by atoms with Gasteiger partial charge < -0.3 is 33.8 Å². The van der Waals surface area contributed by atoms with Gasteiger partial charge in [-0.05, 0) is 103 Å². The summed E-state index contributed by atoms with van der Waals surface area (Å²) in [6, 6.07) is 0. The van der Waals surface area contributed by atoms with E-state index in [1.807, 2.05) is 0 Å². The molecule has 0 aromatic rings. The maximum Gasteiger partial charge on any atom is 0.472 e. The third kappa shape index (κ3) is 69.7. The van der Waals surface area contributed by atoms with Crippen LogP contribution in [0.4, 0.5) is 0 Å². The molecule has 0 aliphatic carbocycles. The lowest BCUT2D eigenvalue weighted by Crippen LogP contribution is -2.30. The van der Waals surface area contributed by atoms with Gasteiger partial charge in [-0.3, -0.25) is 37.3 Å². The number of rotatable bonds is 75. The first kappa shape index (κ1) is 93.3. The fourth-order valence-electron chi connectivity index (χ4n) is 11.0. The molecule has 564 valence electrons. The van der Waals surface area contributed by atoms with E-state index in [4.69, 9.17) is 37.0 Å². The molecule has 0 fully saturated rings. The number of hydrogen-bond acceptors (Lipinski definition) is 15. The summed E-state index contributed by atoms with van der Waals surface area (Å²) >= 11 is 0. The topological polar surface area (TPSA) is 237 Å². The van der Waals surface area contributed by atoms with Gasteiger partial charge in [0, 0.05) is 25.7 Å². The Labute approximate surface area is 585 Å². The number of aliphatic hydroxyl groups is 1. The van der Waals surface area contributed by atoms with Gasteiger partial charge in [-0.2, -0.15) is 0 Å². The first-order valence-corrected chi connectivity index (χ1v) is 42.2. The zero-order chi connectivity index (χ0) is 70.4. The molecule has 0 aliphatic heterocycles. The van der Waals surface area contributed by atoms with Crippen molar-refractivity contribution in [1.82, 2.24) is 0 Å². The highest BCUT2D eigenvalue weighted by Gasteiger charge is 2.30. The van der Waals surface area contributed by atoms with Crippen LogP contribution in [-0.4, -0.2) is 96.7 Å². The number of hydrogen-bond donors (Lipinski definition) is 3. The molecule has 96 heavy (non-hydrogen) atoms. The fraction of sp³-hybridized carbons (Fsp3) is 0.870. The second-order valence-corrected chi connectivity index (χ2v) is 29.6. The molecule has 0 spiro atoms. The molecular formula is C77H144O17P2. The van der Waals surface area contributed by atoms with Crippen LogP contribution in [0.15, 0.2) is 36.5 Å². The predicted octanol–water partition coefficient (Wildman–Crippen LogP) is 22.3. The Balaban J connectivity index is 5.31. The van der Waals surface area contributed by atoms with Crippen LogP contribution in [0.1, 0.15) is 374 Å². The molecular weight excluding hydrogens is 1260 g/mol. The van der Waals surface area contributed by atoms with E-state index in [0.717, 1.165) is 148 Å². The Bertz CT molecular complexity index is 1970. The average Bonchev–Trinajstić information content (AvgIpc) is 1.43. The van der Waals surface area contributed by atoms with Gasteiger partial charge in [0.1, 0.15) is 19.3 Å². The number of carbonyl (C=O) groups is 4. The standard InChI is InChI=1S/C77H144O17P2/c1-5-9-13-17-21-25-29-33-35-39-42-46-50-54-58-62-75(80)88-68-73(94-77(82)64-60-56-52-48-44-40-36-34-30-26-22-18-14-10-6-2)70-92-96(85,86)90-66-71(78)65-89-95(83,84)91-69-72(93-76(81)63-59-55-51-47-43-38-32-28-24-20-16-12-8-4)67-87-74(79)61-57-53-49-45-41-37-31-27-23-19-15-11-7-3/h26,28,30,32-33,35,71-73,78H,5-25,27,29,31,34,36-70H2,1-4H3,(H,83,84)(H,85,86)/b30-26-,32-28-,35-33-/t71-,72+,73+/m0/s1. The maximum atomic E-state index is 13.1. The summed E-state index contributed by atoms with van der Waals surface area (Å²) in [6.45, 7) is 4.90. The van der Waals surface area contributed by atoms with Gasteiger partial charge in [-0.15, -0.1) is 0 Å². The lowest BCUT2D eigenvalue weighted by molar-refractivity contribution is -0.161. The van der Waals surface area contributed by atoms with Gasteiger partial charge in [0.15, 0.2) is 12.2 Å².